The maximum Gasteiger partial charge on any atom is 0.338 e. The van der Waals surface area contributed by atoms with Gasteiger partial charge in [-0.2, -0.15) is 0 Å². The van der Waals surface area contributed by atoms with Crippen molar-refractivity contribution in [2.45, 2.75) is 31.6 Å². The molecule has 2 aromatic rings. The molecule has 1 aliphatic rings. The zero-order valence-electron chi connectivity index (χ0n) is 17.0. The second-order valence-corrected chi connectivity index (χ2v) is 9.32. The van der Waals surface area contributed by atoms with Crippen molar-refractivity contribution in [2.75, 3.05) is 18.9 Å². The van der Waals surface area contributed by atoms with Crippen molar-refractivity contribution < 1.29 is 14.3 Å². The molecule has 7 heteroatoms. The number of carbonyl (C=O) groups excluding carboxylic acids is 2. The third-order valence-corrected chi connectivity index (χ3v) is 6.90. The van der Waals surface area contributed by atoms with E-state index in [1.54, 1.807) is 35.7 Å². The summed E-state index contributed by atoms with van der Waals surface area (Å²) in [6.07, 6.45) is 1.71. The number of rotatable bonds is 9. The van der Waals surface area contributed by atoms with Crippen molar-refractivity contribution in [1.29, 1.82) is 0 Å². The monoisotopic (exact) mass is 442 g/mol. The number of nitrogens with zero attached hydrogens (tertiary/aromatic N) is 1. The van der Waals surface area contributed by atoms with E-state index >= 15 is 0 Å². The molecule has 5 nitrogen and oxygen atoms in total. The van der Waals surface area contributed by atoms with Crippen molar-refractivity contribution in [3.05, 3.63) is 71.3 Å². The first-order valence-electron chi connectivity index (χ1n) is 10.00. The Bertz CT molecular complexity index is 887. The summed E-state index contributed by atoms with van der Waals surface area (Å²) in [5.74, 6) is 0.914. The van der Waals surface area contributed by atoms with Crippen LogP contribution >= 0.6 is 23.5 Å². The number of hydrogen-bond donors (Lipinski definition) is 1. The summed E-state index contributed by atoms with van der Waals surface area (Å²) in [4.78, 5) is 29.1. The van der Waals surface area contributed by atoms with Gasteiger partial charge in [-0.25, -0.2) is 4.79 Å². The van der Waals surface area contributed by atoms with Crippen molar-refractivity contribution in [3.8, 4) is 0 Å². The largest absolute Gasteiger partial charge is 0.452 e. The van der Waals surface area contributed by atoms with Crippen LogP contribution in [0.5, 0.6) is 0 Å². The Morgan fingerprint density at radius 3 is 2.70 bits per heavy atom. The molecule has 0 aromatic heterocycles. The van der Waals surface area contributed by atoms with Crippen LogP contribution in [0.1, 0.15) is 34.8 Å². The van der Waals surface area contributed by atoms with E-state index in [9.17, 15) is 9.59 Å². The normalized spacial score (nSPS) is 14.1. The molecule has 1 unspecified atom stereocenters. The van der Waals surface area contributed by atoms with Gasteiger partial charge in [-0.3, -0.25) is 9.79 Å². The van der Waals surface area contributed by atoms with Gasteiger partial charge in [-0.15, -0.1) is 0 Å². The summed E-state index contributed by atoms with van der Waals surface area (Å²) >= 11 is 3.37. The molecule has 1 amide bonds. The number of aliphatic imine (C=N–C) groups is 1. The second-order valence-electron chi connectivity index (χ2n) is 7.01. The molecule has 0 aliphatic carbocycles. The summed E-state index contributed by atoms with van der Waals surface area (Å²) in [7, 11) is 0. The van der Waals surface area contributed by atoms with E-state index < -0.39 is 5.97 Å². The third kappa shape index (κ3) is 7.22. The topological polar surface area (TPSA) is 67.8 Å². The fourth-order valence-electron chi connectivity index (χ4n) is 3.01. The van der Waals surface area contributed by atoms with Crippen LogP contribution in [0, 0.1) is 0 Å². The van der Waals surface area contributed by atoms with Gasteiger partial charge in [0.1, 0.15) is 4.38 Å². The van der Waals surface area contributed by atoms with E-state index in [1.807, 2.05) is 37.3 Å². The predicted molar refractivity (Wildman–Crippen MR) is 125 cm³/mol. The molecule has 158 valence electrons. The standard InChI is InChI=1S/C23H26N2O3S2/c1-17(11-12-18-7-3-2-4-8-18)25-21(26)15-28-22(27)20-10-6-5-9-19(20)16-30-23-24-13-14-29-23/h2-10,17H,11-16H2,1H3,(H,25,26). The van der Waals surface area contributed by atoms with Gasteiger partial charge in [0, 0.05) is 17.5 Å². The number of ether oxygens (including phenoxy) is 1. The van der Waals surface area contributed by atoms with E-state index in [-0.39, 0.29) is 18.6 Å². The van der Waals surface area contributed by atoms with Gasteiger partial charge in [0.05, 0.1) is 12.1 Å². The maximum atomic E-state index is 12.5. The number of thioether (sulfide) groups is 2. The highest BCUT2D eigenvalue weighted by Gasteiger charge is 2.16. The first-order chi connectivity index (χ1) is 14.6. The Morgan fingerprint density at radius 1 is 1.17 bits per heavy atom. The summed E-state index contributed by atoms with van der Waals surface area (Å²) in [6.45, 7) is 2.53. The van der Waals surface area contributed by atoms with Gasteiger partial charge in [0.15, 0.2) is 6.61 Å². The van der Waals surface area contributed by atoms with Crippen LogP contribution in [0.3, 0.4) is 0 Å². The van der Waals surface area contributed by atoms with Gasteiger partial charge in [-0.1, -0.05) is 72.1 Å². The first-order valence-corrected chi connectivity index (χ1v) is 12.0. The Balaban J connectivity index is 1.43. The number of benzene rings is 2. The number of amides is 1. The fourth-order valence-corrected chi connectivity index (χ4v) is 5.03. The first kappa shape index (κ1) is 22.4. The van der Waals surface area contributed by atoms with Crippen LogP contribution in [0.25, 0.3) is 0 Å². The molecule has 1 aliphatic heterocycles. The van der Waals surface area contributed by atoms with Crippen LogP contribution in [0.4, 0.5) is 0 Å². The summed E-state index contributed by atoms with van der Waals surface area (Å²) in [5, 5.41) is 2.90. The molecule has 1 atom stereocenters. The lowest BCUT2D eigenvalue weighted by Gasteiger charge is -2.14. The molecular formula is C23H26N2O3S2. The molecule has 0 spiro atoms. The molecule has 0 saturated carbocycles. The summed E-state index contributed by atoms with van der Waals surface area (Å²) < 4.78 is 6.33. The van der Waals surface area contributed by atoms with E-state index in [0.717, 1.165) is 35.1 Å². The van der Waals surface area contributed by atoms with Crippen LogP contribution < -0.4 is 5.32 Å². The van der Waals surface area contributed by atoms with Crippen LogP contribution in [0.15, 0.2) is 59.6 Å². The van der Waals surface area contributed by atoms with Gasteiger partial charge < -0.3 is 10.1 Å². The Morgan fingerprint density at radius 2 is 1.93 bits per heavy atom. The lowest BCUT2D eigenvalue weighted by molar-refractivity contribution is -0.124. The van der Waals surface area contributed by atoms with E-state index in [0.29, 0.717) is 11.3 Å². The van der Waals surface area contributed by atoms with Gasteiger partial charge in [0.2, 0.25) is 0 Å². The van der Waals surface area contributed by atoms with Gasteiger partial charge in [0.25, 0.3) is 5.91 Å². The zero-order chi connectivity index (χ0) is 21.2. The number of hydrogen-bond acceptors (Lipinski definition) is 6. The molecule has 1 N–H and O–H groups in total. The Labute approximate surface area is 186 Å². The van der Waals surface area contributed by atoms with Crippen molar-refractivity contribution in [3.63, 3.8) is 0 Å². The fraction of sp³-hybridized carbons (Fsp3) is 0.348. The number of aryl methyl sites for hydroxylation is 1. The smallest absolute Gasteiger partial charge is 0.338 e. The third-order valence-electron chi connectivity index (χ3n) is 4.60. The highest BCUT2D eigenvalue weighted by atomic mass is 32.2. The highest BCUT2D eigenvalue weighted by molar-refractivity contribution is 8.38. The quantitative estimate of drug-likeness (QED) is 0.586. The molecule has 30 heavy (non-hydrogen) atoms. The Kier molecular flexibility index (Phi) is 8.83. The van der Waals surface area contributed by atoms with Crippen LogP contribution in [0.2, 0.25) is 0 Å². The molecule has 3 rings (SSSR count). The number of carbonyl (C=O) groups is 2. The van der Waals surface area contributed by atoms with Crippen molar-refractivity contribution >= 4 is 39.8 Å². The average molecular weight is 443 g/mol. The van der Waals surface area contributed by atoms with E-state index in [2.05, 4.69) is 22.4 Å². The number of nitrogens with one attached hydrogen (secondary N) is 1. The summed E-state index contributed by atoms with van der Waals surface area (Å²) in [5.41, 5.74) is 2.62. The minimum absolute atomic E-state index is 0.00443. The van der Waals surface area contributed by atoms with E-state index in [4.69, 9.17) is 4.74 Å². The van der Waals surface area contributed by atoms with Crippen molar-refractivity contribution in [1.82, 2.24) is 5.32 Å². The van der Waals surface area contributed by atoms with Crippen LogP contribution in [-0.2, 0) is 21.7 Å². The molecule has 0 bridgehead atoms. The lowest BCUT2D eigenvalue weighted by atomic mass is 10.1. The van der Waals surface area contributed by atoms with Gasteiger partial charge >= 0.3 is 5.97 Å². The predicted octanol–water partition coefficient (Wildman–Crippen LogP) is 4.32. The van der Waals surface area contributed by atoms with Crippen molar-refractivity contribution in [2.24, 2.45) is 4.99 Å². The minimum Gasteiger partial charge on any atom is -0.452 e. The van der Waals surface area contributed by atoms with Crippen LogP contribution in [-0.4, -0.2) is 41.2 Å². The number of esters is 1. The average Bonchev–Trinajstić information content (AvgIpc) is 3.29. The zero-order valence-corrected chi connectivity index (χ0v) is 18.6. The lowest BCUT2D eigenvalue weighted by Crippen LogP contribution is -2.36. The molecule has 0 radical (unpaired) electrons. The minimum atomic E-state index is -0.473. The van der Waals surface area contributed by atoms with Gasteiger partial charge in [-0.05, 0) is 37.0 Å². The SMILES string of the molecule is CC(CCc1ccccc1)NC(=O)COC(=O)c1ccccc1CSC1=NCCS1. The molecule has 2 aromatic carbocycles. The molecular weight excluding hydrogens is 416 g/mol. The summed E-state index contributed by atoms with van der Waals surface area (Å²) in [6, 6.07) is 17.5. The molecule has 1 heterocycles. The van der Waals surface area contributed by atoms with E-state index in [1.165, 1.54) is 5.56 Å². The second kappa shape index (κ2) is 11.8. The highest BCUT2D eigenvalue weighted by Crippen LogP contribution is 2.26. The Hall–Kier alpha value is -2.25. The molecule has 0 fully saturated rings. The maximum absolute atomic E-state index is 12.5. The molecule has 0 saturated heterocycles.